The van der Waals surface area contributed by atoms with Gasteiger partial charge >= 0.3 is 5.97 Å². The highest BCUT2D eigenvalue weighted by atomic mass is 35.5. The number of thioether (sulfide) groups is 1. The minimum Gasteiger partial charge on any atom is -0.495 e. The molecular weight excluding hydrogens is 622 g/mol. The summed E-state index contributed by atoms with van der Waals surface area (Å²) in [6.45, 7) is 5.78. The van der Waals surface area contributed by atoms with Crippen LogP contribution in [0.15, 0.2) is 76.9 Å². The van der Waals surface area contributed by atoms with Crippen LogP contribution < -0.4 is 4.74 Å². The van der Waals surface area contributed by atoms with Crippen molar-refractivity contribution in [3.63, 3.8) is 0 Å². The molecule has 0 radical (unpaired) electrons. The highest BCUT2D eigenvalue weighted by molar-refractivity contribution is 7.98. The van der Waals surface area contributed by atoms with E-state index in [1.54, 1.807) is 38.4 Å². The van der Waals surface area contributed by atoms with Gasteiger partial charge in [-0.1, -0.05) is 60.9 Å². The number of carbonyl (C=O) groups excluding carboxylic acids is 1. The molecule has 0 aliphatic heterocycles. The second-order valence-electron chi connectivity index (χ2n) is 9.82. The summed E-state index contributed by atoms with van der Waals surface area (Å²) in [5, 5.41) is 1.34. The summed E-state index contributed by atoms with van der Waals surface area (Å²) in [7, 11) is -2.35. The number of ether oxygens (including phenoxy) is 2. The van der Waals surface area contributed by atoms with Crippen LogP contribution in [0.3, 0.4) is 0 Å². The normalized spacial score (nSPS) is 11.9. The number of aromatic nitrogens is 2. The predicted molar refractivity (Wildman–Crippen MR) is 163 cm³/mol. The average Bonchev–Trinajstić information content (AvgIpc) is 3.37. The number of benzene rings is 3. The van der Waals surface area contributed by atoms with E-state index in [1.165, 1.54) is 36.0 Å². The number of halogens is 3. The maximum Gasteiger partial charge on any atom is 0.321 e. The van der Waals surface area contributed by atoms with Crippen LogP contribution in [0, 0.1) is 5.82 Å². The molecule has 0 spiro atoms. The quantitative estimate of drug-likeness (QED) is 0.124. The Balaban J connectivity index is 1.67. The Hall–Kier alpha value is -3.05. The Labute approximate surface area is 258 Å². The number of esters is 1. The fourth-order valence-corrected chi connectivity index (χ4v) is 7.12. The van der Waals surface area contributed by atoms with Gasteiger partial charge in [0.2, 0.25) is 0 Å². The van der Waals surface area contributed by atoms with Crippen molar-refractivity contribution >= 4 is 50.8 Å². The molecule has 7 nitrogen and oxygen atoms in total. The van der Waals surface area contributed by atoms with E-state index in [9.17, 15) is 17.6 Å². The van der Waals surface area contributed by atoms with Gasteiger partial charge in [-0.15, -0.1) is 0 Å². The second-order valence-corrected chi connectivity index (χ2v) is 13.6. The Morgan fingerprint density at radius 1 is 1.05 bits per heavy atom. The van der Waals surface area contributed by atoms with Crippen molar-refractivity contribution in [2.24, 2.45) is 0 Å². The standard InChI is InChI=1S/C30H29Cl2FN2O5S2/c1-5-40-28(36)18-42(37,38)23-12-6-19(24(31)15-23)17-41-29-34-16-27(35(29)22-10-8-21(33)9-11-22)30(2,3)20-7-13-26(39-4)25(32)14-20/h6-16H,5,17-18H2,1-4H3. The monoisotopic (exact) mass is 650 g/mol. The molecule has 4 rings (SSSR count). The van der Waals surface area contributed by atoms with Gasteiger partial charge < -0.3 is 9.47 Å². The van der Waals surface area contributed by atoms with Crippen LogP contribution >= 0.6 is 35.0 Å². The van der Waals surface area contributed by atoms with E-state index < -0.39 is 27.0 Å². The highest BCUT2D eigenvalue weighted by Crippen LogP contribution is 2.39. The molecule has 12 heteroatoms. The lowest BCUT2D eigenvalue weighted by Crippen LogP contribution is -2.23. The summed E-state index contributed by atoms with van der Waals surface area (Å²) in [5.74, 6) is -1.02. The molecule has 1 aromatic heterocycles. The Morgan fingerprint density at radius 2 is 1.76 bits per heavy atom. The molecule has 0 aliphatic carbocycles. The smallest absolute Gasteiger partial charge is 0.321 e. The average molecular weight is 652 g/mol. The molecule has 42 heavy (non-hydrogen) atoms. The summed E-state index contributed by atoms with van der Waals surface area (Å²) in [5.41, 5.74) is 2.58. The predicted octanol–water partition coefficient (Wildman–Crippen LogP) is 7.28. The zero-order chi connectivity index (χ0) is 30.7. The highest BCUT2D eigenvalue weighted by Gasteiger charge is 2.30. The summed E-state index contributed by atoms with van der Waals surface area (Å²) in [6, 6.07) is 16.1. The molecular formula is C30H29Cl2FN2O5S2. The van der Waals surface area contributed by atoms with Crippen molar-refractivity contribution in [3.05, 3.63) is 99.5 Å². The van der Waals surface area contributed by atoms with Crippen molar-refractivity contribution in [1.82, 2.24) is 9.55 Å². The number of nitrogens with zero attached hydrogens (tertiary/aromatic N) is 2. The molecule has 0 amide bonds. The zero-order valence-electron chi connectivity index (χ0n) is 23.4. The molecule has 0 atom stereocenters. The lowest BCUT2D eigenvalue weighted by atomic mass is 9.81. The minimum atomic E-state index is -3.91. The van der Waals surface area contributed by atoms with Gasteiger partial charge in [-0.25, -0.2) is 17.8 Å². The number of carbonyl (C=O) groups is 1. The van der Waals surface area contributed by atoms with Crippen LogP contribution in [-0.2, 0) is 30.5 Å². The fourth-order valence-electron chi connectivity index (χ4n) is 4.34. The molecule has 1 heterocycles. The second kappa shape index (κ2) is 13.1. The number of rotatable bonds is 11. The van der Waals surface area contributed by atoms with Gasteiger partial charge in [0.25, 0.3) is 0 Å². The van der Waals surface area contributed by atoms with Crippen LogP contribution in [-0.4, -0.2) is 43.4 Å². The van der Waals surface area contributed by atoms with E-state index in [0.29, 0.717) is 32.9 Å². The van der Waals surface area contributed by atoms with Gasteiger partial charge in [0.05, 0.1) is 35.5 Å². The van der Waals surface area contributed by atoms with Gasteiger partial charge in [-0.05, 0) is 66.6 Å². The molecule has 0 N–H and O–H groups in total. The van der Waals surface area contributed by atoms with Crippen molar-refractivity contribution in [2.45, 2.75) is 42.0 Å². The molecule has 0 saturated heterocycles. The first-order valence-electron chi connectivity index (χ1n) is 12.8. The Bertz CT molecular complexity index is 1710. The van der Waals surface area contributed by atoms with E-state index >= 15 is 0 Å². The van der Waals surface area contributed by atoms with Gasteiger partial charge in [0, 0.05) is 21.9 Å². The summed E-state index contributed by atoms with van der Waals surface area (Å²) in [6.07, 6.45) is 1.77. The van der Waals surface area contributed by atoms with Crippen LogP contribution in [0.25, 0.3) is 5.69 Å². The Morgan fingerprint density at radius 3 is 2.38 bits per heavy atom. The molecule has 0 fully saturated rings. The number of methoxy groups -OCH3 is 1. The third-order valence-electron chi connectivity index (χ3n) is 6.68. The summed E-state index contributed by atoms with van der Waals surface area (Å²) < 4.78 is 51.1. The number of hydrogen-bond acceptors (Lipinski definition) is 7. The first-order valence-corrected chi connectivity index (χ1v) is 16.2. The van der Waals surface area contributed by atoms with Crippen molar-refractivity contribution in [1.29, 1.82) is 0 Å². The number of hydrogen-bond donors (Lipinski definition) is 0. The Kier molecular flexibility index (Phi) is 9.92. The van der Waals surface area contributed by atoms with Gasteiger partial charge in [0.1, 0.15) is 11.6 Å². The first-order chi connectivity index (χ1) is 19.9. The summed E-state index contributed by atoms with van der Waals surface area (Å²) in [4.78, 5) is 16.4. The van der Waals surface area contributed by atoms with E-state index in [0.717, 1.165) is 11.3 Å². The molecule has 3 aromatic carbocycles. The SMILES string of the molecule is CCOC(=O)CS(=O)(=O)c1ccc(CSc2ncc(C(C)(C)c3ccc(OC)c(Cl)c3)n2-c2ccc(F)cc2)c(Cl)c1. The van der Waals surface area contributed by atoms with E-state index in [-0.39, 0.29) is 22.3 Å². The van der Waals surface area contributed by atoms with Gasteiger partial charge in [-0.3, -0.25) is 9.36 Å². The van der Waals surface area contributed by atoms with Crippen LogP contribution in [0.4, 0.5) is 4.39 Å². The maximum atomic E-state index is 13.8. The first kappa shape index (κ1) is 31.9. The van der Waals surface area contributed by atoms with E-state index in [4.69, 9.17) is 37.7 Å². The minimum absolute atomic E-state index is 0.0655. The molecule has 0 unspecified atom stereocenters. The molecule has 4 aromatic rings. The van der Waals surface area contributed by atoms with Crippen molar-refractivity contribution in [3.8, 4) is 11.4 Å². The van der Waals surface area contributed by atoms with Crippen LogP contribution in [0.5, 0.6) is 5.75 Å². The van der Waals surface area contributed by atoms with Crippen molar-refractivity contribution in [2.75, 3.05) is 19.5 Å². The molecule has 0 aliphatic rings. The zero-order valence-corrected chi connectivity index (χ0v) is 26.5. The maximum absolute atomic E-state index is 13.8. The number of sulfone groups is 1. The van der Waals surface area contributed by atoms with E-state index in [2.05, 4.69) is 0 Å². The van der Waals surface area contributed by atoms with Crippen LogP contribution in [0.1, 0.15) is 37.6 Å². The third-order valence-corrected chi connectivity index (χ3v) is 9.92. The lowest BCUT2D eigenvalue weighted by molar-refractivity contribution is -0.139. The largest absolute Gasteiger partial charge is 0.495 e. The third kappa shape index (κ3) is 6.94. The molecule has 0 saturated carbocycles. The van der Waals surface area contributed by atoms with Gasteiger partial charge in [-0.2, -0.15) is 0 Å². The molecule has 222 valence electrons. The number of imidazole rings is 1. The van der Waals surface area contributed by atoms with E-state index in [1.807, 2.05) is 36.6 Å². The van der Waals surface area contributed by atoms with Crippen LogP contribution in [0.2, 0.25) is 10.0 Å². The molecule has 0 bridgehead atoms. The summed E-state index contributed by atoms with van der Waals surface area (Å²) >= 11 is 14.3. The van der Waals surface area contributed by atoms with Crippen molar-refractivity contribution < 1.29 is 27.1 Å². The lowest BCUT2D eigenvalue weighted by Gasteiger charge is -2.28. The fraction of sp³-hybridized carbons (Fsp3) is 0.267. The van der Waals surface area contributed by atoms with Gasteiger partial charge in [0.15, 0.2) is 20.7 Å². The topological polar surface area (TPSA) is 87.5 Å².